The maximum absolute atomic E-state index is 11.8. The highest BCUT2D eigenvalue weighted by molar-refractivity contribution is 7.16. The van der Waals surface area contributed by atoms with Gasteiger partial charge in [-0.25, -0.2) is 9.78 Å². The van der Waals surface area contributed by atoms with Crippen LogP contribution in [0.15, 0.2) is 28.8 Å². The predicted octanol–water partition coefficient (Wildman–Crippen LogP) is 2.39. The number of aromatic nitrogens is 1. The number of carboxylic acids is 1. The lowest BCUT2D eigenvalue weighted by Crippen LogP contribution is -2.10. The number of aryl methyl sites for hydroxylation is 1. The maximum atomic E-state index is 11.8. The third-order valence-electron chi connectivity index (χ3n) is 2.10. The van der Waals surface area contributed by atoms with E-state index in [1.165, 1.54) is 23.6 Å². The highest BCUT2D eigenvalue weighted by Gasteiger charge is 2.11. The van der Waals surface area contributed by atoms with Gasteiger partial charge in [0.15, 0.2) is 10.9 Å². The zero-order valence-corrected chi connectivity index (χ0v) is 10.7. The summed E-state index contributed by atoms with van der Waals surface area (Å²) in [6, 6.07) is 3.27. The molecule has 0 bridgehead atoms. The van der Waals surface area contributed by atoms with Gasteiger partial charge in [-0.05, 0) is 25.1 Å². The minimum atomic E-state index is -1.04. The molecule has 0 aliphatic rings. The molecule has 19 heavy (non-hydrogen) atoms. The van der Waals surface area contributed by atoms with Gasteiger partial charge in [0.05, 0.1) is 0 Å². The van der Waals surface area contributed by atoms with Crippen LogP contribution in [0.3, 0.4) is 0 Å². The number of furan rings is 1. The largest absolute Gasteiger partial charge is 0.478 e. The number of hydrogen-bond donors (Lipinski definition) is 2. The van der Waals surface area contributed by atoms with E-state index in [4.69, 9.17) is 9.52 Å². The fourth-order valence-corrected chi connectivity index (χ4v) is 2.00. The molecule has 0 fully saturated rings. The second kappa shape index (κ2) is 5.49. The fourth-order valence-electron chi connectivity index (χ4n) is 1.29. The molecule has 0 aromatic carbocycles. The number of aliphatic carboxylic acids is 1. The van der Waals surface area contributed by atoms with Crippen LogP contribution in [0.2, 0.25) is 0 Å². The third kappa shape index (κ3) is 3.52. The number of hydrogen-bond acceptors (Lipinski definition) is 5. The summed E-state index contributed by atoms with van der Waals surface area (Å²) in [5.74, 6) is -0.578. The Labute approximate surface area is 112 Å². The molecule has 7 heteroatoms. The number of thiazole rings is 1. The van der Waals surface area contributed by atoms with Crippen LogP contribution in [0.25, 0.3) is 6.08 Å². The lowest BCUT2D eigenvalue weighted by atomic mass is 10.4. The molecule has 2 aromatic rings. The van der Waals surface area contributed by atoms with E-state index >= 15 is 0 Å². The lowest BCUT2D eigenvalue weighted by molar-refractivity contribution is -0.131. The molecule has 0 saturated heterocycles. The van der Waals surface area contributed by atoms with Crippen molar-refractivity contribution < 1.29 is 19.1 Å². The van der Waals surface area contributed by atoms with E-state index in [1.54, 1.807) is 19.1 Å². The molecular formula is C12H10N2O4S. The first-order valence-electron chi connectivity index (χ1n) is 5.29. The summed E-state index contributed by atoms with van der Waals surface area (Å²) in [6.45, 7) is 1.75. The van der Waals surface area contributed by atoms with Crippen molar-refractivity contribution in [2.24, 2.45) is 0 Å². The van der Waals surface area contributed by atoms with Gasteiger partial charge in [-0.15, -0.1) is 0 Å². The van der Waals surface area contributed by atoms with Gasteiger partial charge in [0, 0.05) is 17.2 Å². The van der Waals surface area contributed by atoms with Gasteiger partial charge in [0.25, 0.3) is 5.91 Å². The number of nitrogens with one attached hydrogen (secondary N) is 1. The Hall–Kier alpha value is -2.41. The minimum absolute atomic E-state index is 0.204. The van der Waals surface area contributed by atoms with E-state index in [0.29, 0.717) is 15.8 Å². The van der Waals surface area contributed by atoms with E-state index in [-0.39, 0.29) is 5.76 Å². The number of anilines is 1. The molecule has 2 N–H and O–H groups in total. The summed E-state index contributed by atoms with van der Waals surface area (Å²) >= 11 is 1.17. The summed E-state index contributed by atoms with van der Waals surface area (Å²) in [5, 5.41) is 11.4. The molecule has 0 aliphatic carbocycles. The average Bonchev–Trinajstić information content (AvgIpc) is 2.95. The number of amides is 1. The SMILES string of the molecule is Cc1ccc(C(=O)Nc2ncc(C=CC(=O)O)s2)o1. The maximum Gasteiger partial charge on any atom is 0.328 e. The molecule has 2 aromatic heterocycles. The summed E-state index contributed by atoms with van der Waals surface area (Å²) < 4.78 is 5.18. The van der Waals surface area contributed by atoms with Gasteiger partial charge in [-0.1, -0.05) is 11.3 Å². The zero-order chi connectivity index (χ0) is 13.8. The summed E-state index contributed by atoms with van der Waals surface area (Å²) in [4.78, 5) is 26.7. The van der Waals surface area contributed by atoms with E-state index < -0.39 is 11.9 Å². The van der Waals surface area contributed by atoms with E-state index in [9.17, 15) is 9.59 Å². The van der Waals surface area contributed by atoms with Crippen LogP contribution >= 0.6 is 11.3 Å². The molecule has 0 saturated carbocycles. The van der Waals surface area contributed by atoms with E-state index in [2.05, 4.69) is 10.3 Å². The summed E-state index contributed by atoms with van der Waals surface area (Å²) in [7, 11) is 0. The summed E-state index contributed by atoms with van der Waals surface area (Å²) in [6.07, 6.45) is 3.90. The Bertz CT molecular complexity index is 642. The first-order chi connectivity index (χ1) is 9.04. The van der Waals surface area contributed by atoms with Gasteiger partial charge in [-0.2, -0.15) is 0 Å². The van der Waals surface area contributed by atoms with Gasteiger partial charge >= 0.3 is 5.97 Å². The molecule has 0 atom stereocenters. The van der Waals surface area contributed by atoms with Crippen LogP contribution in [-0.4, -0.2) is 22.0 Å². The fraction of sp³-hybridized carbons (Fsp3) is 0.0833. The Kier molecular flexibility index (Phi) is 3.76. The molecule has 0 spiro atoms. The predicted molar refractivity (Wildman–Crippen MR) is 70.2 cm³/mol. The molecule has 98 valence electrons. The normalized spacial score (nSPS) is 10.8. The standard InChI is InChI=1S/C12H10N2O4S/c1-7-2-4-9(18-7)11(17)14-12-13-6-8(19-12)3-5-10(15)16/h2-6H,1H3,(H,15,16)(H,13,14,17). The smallest absolute Gasteiger partial charge is 0.328 e. The van der Waals surface area contributed by atoms with Crippen molar-refractivity contribution in [1.29, 1.82) is 0 Å². The number of carbonyl (C=O) groups is 2. The second-order valence-corrected chi connectivity index (χ2v) is 4.67. The summed E-state index contributed by atoms with van der Waals surface area (Å²) in [5.41, 5.74) is 0. The monoisotopic (exact) mass is 278 g/mol. The van der Waals surface area contributed by atoms with Crippen LogP contribution in [0.1, 0.15) is 21.2 Å². The number of nitrogens with zero attached hydrogens (tertiary/aromatic N) is 1. The van der Waals surface area contributed by atoms with Crippen LogP contribution in [0.5, 0.6) is 0 Å². The Morgan fingerprint density at radius 3 is 2.89 bits per heavy atom. The van der Waals surface area contributed by atoms with Crippen LogP contribution in [0.4, 0.5) is 5.13 Å². The molecule has 0 unspecified atom stereocenters. The molecule has 2 rings (SSSR count). The van der Waals surface area contributed by atoms with E-state index in [1.807, 2.05) is 0 Å². The third-order valence-corrected chi connectivity index (χ3v) is 2.98. The molecule has 0 aliphatic heterocycles. The van der Waals surface area contributed by atoms with Crippen molar-refractivity contribution in [1.82, 2.24) is 4.98 Å². The number of rotatable bonds is 4. The van der Waals surface area contributed by atoms with Crippen LogP contribution in [-0.2, 0) is 4.79 Å². The van der Waals surface area contributed by atoms with Gasteiger partial charge in [0.2, 0.25) is 0 Å². The highest BCUT2D eigenvalue weighted by Crippen LogP contribution is 2.20. The number of carbonyl (C=O) groups excluding carboxylic acids is 1. The van der Waals surface area contributed by atoms with Crippen LogP contribution < -0.4 is 5.32 Å². The highest BCUT2D eigenvalue weighted by atomic mass is 32.1. The molecule has 0 radical (unpaired) electrons. The molecular weight excluding hydrogens is 268 g/mol. The minimum Gasteiger partial charge on any atom is -0.478 e. The Balaban J connectivity index is 2.04. The van der Waals surface area contributed by atoms with Gasteiger partial charge in [0.1, 0.15) is 5.76 Å². The lowest BCUT2D eigenvalue weighted by Gasteiger charge is -1.96. The molecule has 1 amide bonds. The quantitative estimate of drug-likeness (QED) is 0.838. The second-order valence-electron chi connectivity index (χ2n) is 3.60. The Morgan fingerprint density at radius 2 is 2.26 bits per heavy atom. The molecule has 6 nitrogen and oxygen atoms in total. The Morgan fingerprint density at radius 1 is 1.47 bits per heavy atom. The van der Waals surface area contributed by atoms with Crippen molar-refractivity contribution in [3.63, 3.8) is 0 Å². The number of carboxylic acid groups (broad SMARTS) is 1. The average molecular weight is 278 g/mol. The van der Waals surface area contributed by atoms with Gasteiger partial charge in [-0.3, -0.25) is 10.1 Å². The first-order valence-corrected chi connectivity index (χ1v) is 6.11. The van der Waals surface area contributed by atoms with Crippen molar-refractivity contribution in [2.45, 2.75) is 6.92 Å². The first kappa shape index (κ1) is 13.0. The van der Waals surface area contributed by atoms with Gasteiger partial charge < -0.3 is 9.52 Å². The van der Waals surface area contributed by atoms with Crippen LogP contribution in [0, 0.1) is 6.92 Å². The van der Waals surface area contributed by atoms with Crippen molar-refractivity contribution in [3.05, 3.63) is 40.8 Å². The molecule has 2 heterocycles. The van der Waals surface area contributed by atoms with E-state index in [0.717, 1.165) is 6.08 Å². The topological polar surface area (TPSA) is 92.4 Å². The van der Waals surface area contributed by atoms with Crippen molar-refractivity contribution in [2.75, 3.05) is 5.32 Å². The van der Waals surface area contributed by atoms with Crippen molar-refractivity contribution >= 4 is 34.4 Å². The van der Waals surface area contributed by atoms with Crippen molar-refractivity contribution in [3.8, 4) is 0 Å². The zero-order valence-electron chi connectivity index (χ0n) is 9.91.